The molecule has 14 heavy (non-hydrogen) atoms. The maximum Gasteiger partial charge on any atom is 0.220 e. The first-order valence-electron chi connectivity index (χ1n) is 5.59. The summed E-state index contributed by atoms with van der Waals surface area (Å²) in [5.74, 6) is 1.52. The molecule has 0 radical (unpaired) electrons. The van der Waals surface area contributed by atoms with Crippen LogP contribution in [0.15, 0.2) is 0 Å². The normalized spacial score (nSPS) is 26.4. The first-order valence-corrected chi connectivity index (χ1v) is 6.13. The van der Waals surface area contributed by atoms with E-state index < -0.39 is 0 Å². The Kier molecular flexibility index (Phi) is 5.31. The van der Waals surface area contributed by atoms with Gasteiger partial charge in [-0.25, -0.2) is 0 Å². The highest BCUT2D eigenvalue weighted by Crippen LogP contribution is 2.24. The zero-order valence-electron chi connectivity index (χ0n) is 8.89. The van der Waals surface area contributed by atoms with Crippen LogP contribution in [0.3, 0.4) is 0 Å². The molecule has 3 heteroatoms. The van der Waals surface area contributed by atoms with E-state index >= 15 is 0 Å². The van der Waals surface area contributed by atoms with E-state index in [1.807, 2.05) is 0 Å². The van der Waals surface area contributed by atoms with Crippen molar-refractivity contribution in [2.45, 2.75) is 51.5 Å². The maximum atomic E-state index is 11.5. The molecule has 1 saturated carbocycles. The molecule has 0 aliphatic heterocycles. The first-order chi connectivity index (χ1) is 6.74. The molecule has 0 aromatic heterocycles. The molecule has 1 aliphatic rings. The number of hydrogen-bond acceptors (Lipinski definition) is 1. The Bertz CT molecular complexity index is 184. The largest absolute Gasteiger partial charge is 0.353 e. The van der Waals surface area contributed by atoms with Crippen LogP contribution in [0, 0.1) is 5.92 Å². The molecule has 1 N–H and O–H groups in total. The fraction of sp³-hybridized carbons (Fsp3) is 0.909. The summed E-state index contributed by atoms with van der Waals surface area (Å²) in [5.41, 5.74) is 0. The van der Waals surface area contributed by atoms with Gasteiger partial charge in [-0.05, 0) is 31.6 Å². The van der Waals surface area contributed by atoms with Gasteiger partial charge in [-0.3, -0.25) is 4.79 Å². The molecule has 1 fully saturated rings. The second-order valence-electron chi connectivity index (χ2n) is 4.23. The van der Waals surface area contributed by atoms with Crippen LogP contribution in [-0.4, -0.2) is 17.8 Å². The second kappa shape index (κ2) is 6.28. The van der Waals surface area contributed by atoms with Crippen LogP contribution < -0.4 is 5.32 Å². The van der Waals surface area contributed by atoms with Crippen LogP contribution in [0.4, 0.5) is 0 Å². The third-order valence-electron chi connectivity index (χ3n) is 3.00. The lowest BCUT2D eigenvalue weighted by Crippen LogP contribution is -2.36. The molecule has 2 nitrogen and oxygen atoms in total. The summed E-state index contributed by atoms with van der Waals surface area (Å²) < 4.78 is 0. The van der Waals surface area contributed by atoms with Gasteiger partial charge in [0.15, 0.2) is 0 Å². The number of nitrogens with one attached hydrogen (secondary N) is 1. The Morgan fingerprint density at radius 3 is 2.79 bits per heavy atom. The topological polar surface area (TPSA) is 29.1 Å². The van der Waals surface area contributed by atoms with Crippen molar-refractivity contribution < 1.29 is 4.79 Å². The van der Waals surface area contributed by atoms with Gasteiger partial charge in [-0.2, -0.15) is 0 Å². The standard InChI is InChI=1S/C11H20ClNO/c1-9-5-4-6-10(9)13-11(14)7-2-3-8-12/h9-10H,2-8H2,1H3,(H,13,14). The smallest absolute Gasteiger partial charge is 0.220 e. The minimum Gasteiger partial charge on any atom is -0.353 e. The summed E-state index contributed by atoms with van der Waals surface area (Å²) >= 11 is 5.55. The number of halogens is 1. The number of hydrogen-bond donors (Lipinski definition) is 1. The third-order valence-corrected chi connectivity index (χ3v) is 3.26. The van der Waals surface area contributed by atoms with E-state index in [1.54, 1.807) is 0 Å². The van der Waals surface area contributed by atoms with Crippen molar-refractivity contribution in [3.8, 4) is 0 Å². The second-order valence-corrected chi connectivity index (χ2v) is 4.61. The number of unbranched alkanes of at least 4 members (excludes halogenated alkanes) is 1. The highest BCUT2D eigenvalue weighted by molar-refractivity contribution is 6.17. The Labute approximate surface area is 91.4 Å². The fourth-order valence-corrected chi connectivity index (χ4v) is 2.21. The quantitative estimate of drug-likeness (QED) is 0.557. The van der Waals surface area contributed by atoms with Gasteiger partial charge in [-0.1, -0.05) is 13.3 Å². The zero-order chi connectivity index (χ0) is 10.4. The predicted octanol–water partition coefficient (Wildman–Crippen LogP) is 2.70. The van der Waals surface area contributed by atoms with Crippen molar-refractivity contribution in [1.29, 1.82) is 0 Å². The minimum absolute atomic E-state index is 0.203. The molecule has 0 aromatic rings. The van der Waals surface area contributed by atoms with E-state index in [-0.39, 0.29) is 5.91 Å². The van der Waals surface area contributed by atoms with Gasteiger partial charge in [-0.15, -0.1) is 11.6 Å². The molecule has 2 unspecified atom stereocenters. The van der Waals surface area contributed by atoms with E-state index in [9.17, 15) is 4.79 Å². The van der Waals surface area contributed by atoms with Crippen LogP contribution in [-0.2, 0) is 4.79 Å². The highest BCUT2D eigenvalue weighted by Gasteiger charge is 2.24. The molecule has 0 bridgehead atoms. The van der Waals surface area contributed by atoms with Crippen molar-refractivity contribution in [3.63, 3.8) is 0 Å². The summed E-state index contributed by atoms with van der Waals surface area (Å²) in [6.07, 6.45) is 6.16. The first kappa shape index (κ1) is 11.8. The number of carbonyl (C=O) groups excluding carboxylic acids is 1. The summed E-state index contributed by atoms with van der Waals surface area (Å²) in [6.45, 7) is 2.22. The molecule has 82 valence electrons. The average molecular weight is 218 g/mol. The van der Waals surface area contributed by atoms with E-state index in [2.05, 4.69) is 12.2 Å². The van der Waals surface area contributed by atoms with E-state index in [0.29, 0.717) is 24.3 Å². The van der Waals surface area contributed by atoms with E-state index in [0.717, 1.165) is 19.3 Å². The van der Waals surface area contributed by atoms with Crippen LogP contribution >= 0.6 is 11.6 Å². The van der Waals surface area contributed by atoms with Gasteiger partial charge < -0.3 is 5.32 Å². The molecule has 1 aliphatic carbocycles. The number of carbonyl (C=O) groups is 1. The van der Waals surface area contributed by atoms with Crippen LogP contribution in [0.5, 0.6) is 0 Å². The molecule has 0 aromatic carbocycles. The molecule has 0 saturated heterocycles. The molecular weight excluding hydrogens is 198 g/mol. The van der Waals surface area contributed by atoms with Crippen molar-refractivity contribution in [1.82, 2.24) is 5.32 Å². The summed E-state index contributed by atoms with van der Waals surface area (Å²) in [4.78, 5) is 11.5. The maximum absolute atomic E-state index is 11.5. The lowest BCUT2D eigenvalue weighted by Gasteiger charge is -2.16. The van der Waals surface area contributed by atoms with Gasteiger partial charge >= 0.3 is 0 Å². The van der Waals surface area contributed by atoms with Crippen molar-refractivity contribution >= 4 is 17.5 Å². The zero-order valence-corrected chi connectivity index (χ0v) is 9.65. The molecule has 0 spiro atoms. The molecular formula is C11H20ClNO. The fourth-order valence-electron chi connectivity index (χ4n) is 2.02. The van der Waals surface area contributed by atoms with Gasteiger partial charge in [0, 0.05) is 18.3 Å². The molecule has 2 atom stereocenters. The monoisotopic (exact) mass is 217 g/mol. The number of amides is 1. The summed E-state index contributed by atoms with van der Waals surface area (Å²) in [6, 6.07) is 0.429. The summed E-state index contributed by atoms with van der Waals surface area (Å²) in [5, 5.41) is 3.11. The van der Waals surface area contributed by atoms with Gasteiger partial charge in [0.05, 0.1) is 0 Å². The highest BCUT2D eigenvalue weighted by atomic mass is 35.5. The van der Waals surface area contributed by atoms with Crippen molar-refractivity contribution in [3.05, 3.63) is 0 Å². The van der Waals surface area contributed by atoms with Gasteiger partial charge in [0.1, 0.15) is 0 Å². The van der Waals surface area contributed by atoms with Crippen molar-refractivity contribution in [2.24, 2.45) is 5.92 Å². The molecule has 1 amide bonds. The Balaban J connectivity index is 2.13. The van der Waals surface area contributed by atoms with Crippen LogP contribution in [0.25, 0.3) is 0 Å². The molecule has 0 heterocycles. The minimum atomic E-state index is 0.203. The predicted molar refractivity (Wildman–Crippen MR) is 59.5 cm³/mol. The van der Waals surface area contributed by atoms with E-state index in [1.165, 1.54) is 12.8 Å². The Hall–Kier alpha value is -0.240. The van der Waals surface area contributed by atoms with Crippen LogP contribution in [0.2, 0.25) is 0 Å². The lowest BCUT2D eigenvalue weighted by atomic mass is 10.1. The number of alkyl halides is 1. The Morgan fingerprint density at radius 1 is 1.43 bits per heavy atom. The SMILES string of the molecule is CC1CCCC1NC(=O)CCCCCl. The van der Waals surface area contributed by atoms with Crippen LogP contribution in [0.1, 0.15) is 45.4 Å². The Morgan fingerprint density at radius 2 is 2.21 bits per heavy atom. The lowest BCUT2D eigenvalue weighted by molar-refractivity contribution is -0.122. The average Bonchev–Trinajstić information content (AvgIpc) is 2.52. The number of rotatable bonds is 5. The third kappa shape index (κ3) is 3.87. The summed E-state index contributed by atoms with van der Waals surface area (Å²) in [7, 11) is 0. The van der Waals surface area contributed by atoms with Gasteiger partial charge in [0.2, 0.25) is 5.91 Å². The van der Waals surface area contributed by atoms with Crippen molar-refractivity contribution in [2.75, 3.05) is 5.88 Å². The van der Waals surface area contributed by atoms with E-state index in [4.69, 9.17) is 11.6 Å². The molecule has 1 rings (SSSR count). The van der Waals surface area contributed by atoms with Gasteiger partial charge in [0.25, 0.3) is 0 Å².